The van der Waals surface area contributed by atoms with Gasteiger partial charge in [0.05, 0.1) is 4.88 Å². The van der Waals surface area contributed by atoms with Crippen LogP contribution >= 0.6 is 11.3 Å². The van der Waals surface area contributed by atoms with Crippen molar-refractivity contribution in [1.29, 1.82) is 0 Å². The highest BCUT2D eigenvalue weighted by atomic mass is 32.1. The van der Waals surface area contributed by atoms with Gasteiger partial charge in [0.25, 0.3) is 0 Å². The lowest BCUT2D eigenvalue weighted by Crippen LogP contribution is -2.04. The number of hydrogen-bond acceptors (Lipinski definition) is 3. The van der Waals surface area contributed by atoms with Crippen molar-refractivity contribution in [3.8, 4) is 10.6 Å². The molecule has 0 aliphatic rings. The summed E-state index contributed by atoms with van der Waals surface area (Å²) in [6.07, 6.45) is 3.45. The maximum Gasteiger partial charge on any atom is 0.354 e. The molecule has 1 aromatic carbocycles. The van der Waals surface area contributed by atoms with E-state index in [-0.39, 0.29) is 5.69 Å². The fourth-order valence-electron chi connectivity index (χ4n) is 2.48. The molecule has 0 aliphatic heterocycles. The maximum absolute atomic E-state index is 11.1. The molecule has 1 N–H and O–H groups in total. The van der Waals surface area contributed by atoms with Gasteiger partial charge in [0.1, 0.15) is 11.4 Å². The van der Waals surface area contributed by atoms with Crippen LogP contribution in [0.15, 0.2) is 42.7 Å². The first-order chi connectivity index (χ1) is 10.1. The molecule has 0 bridgehead atoms. The summed E-state index contributed by atoms with van der Waals surface area (Å²) in [4.78, 5) is 16.7. The van der Waals surface area contributed by atoms with E-state index in [0.717, 1.165) is 10.6 Å². The number of imidazole rings is 2. The number of nitrogens with zero attached hydrogens (tertiary/aromatic N) is 3. The summed E-state index contributed by atoms with van der Waals surface area (Å²) in [5, 5.41) is 10.3. The predicted molar refractivity (Wildman–Crippen MR) is 81.9 cm³/mol. The van der Waals surface area contributed by atoms with Gasteiger partial charge in [-0.05, 0) is 17.5 Å². The second kappa shape index (κ2) is 4.20. The molecule has 4 rings (SSSR count). The number of carboxylic acid groups (broad SMARTS) is 1. The van der Waals surface area contributed by atoms with Gasteiger partial charge in [-0.3, -0.25) is 4.40 Å². The third-order valence-electron chi connectivity index (χ3n) is 3.53. The molecule has 6 heteroatoms. The van der Waals surface area contributed by atoms with E-state index in [2.05, 4.69) is 23.2 Å². The largest absolute Gasteiger partial charge is 0.477 e. The summed E-state index contributed by atoms with van der Waals surface area (Å²) in [6.45, 7) is 0. The van der Waals surface area contributed by atoms with Gasteiger partial charge in [-0.2, -0.15) is 0 Å². The first kappa shape index (κ1) is 12.2. The number of hydrogen-bond donors (Lipinski definition) is 1. The van der Waals surface area contributed by atoms with Crippen LogP contribution in [0, 0.1) is 0 Å². The zero-order valence-electron chi connectivity index (χ0n) is 11.1. The number of aromatic carboxylic acids is 1. The topological polar surface area (TPSA) is 59.5 Å². The van der Waals surface area contributed by atoms with Crippen LogP contribution in [0.25, 0.3) is 26.4 Å². The highest BCUT2D eigenvalue weighted by molar-refractivity contribution is 7.22. The van der Waals surface area contributed by atoms with Crippen molar-refractivity contribution in [3.05, 3.63) is 48.4 Å². The Morgan fingerprint density at radius 1 is 1.29 bits per heavy atom. The summed E-state index contributed by atoms with van der Waals surface area (Å²) in [5.41, 5.74) is 1.08. The molecule has 0 saturated heterocycles. The average Bonchev–Trinajstić information content (AvgIpc) is 3.12. The molecule has 0 amide bonds. The highest BCUT2D eigenvalue weighted by Gasteiger charge is 2.16. The number of aromatic nitrogens is 3. The third-order valence-corrected chi connectivity index (χ3v) is 4.67. The third kappa shape index (κ3) is 1.76. The van der Waals surface area contributed by atoms with Crippen LogP contribution in [0.3, 0.4) is 0 Å². The molecule has 0 atom stereocenters. The van der Waals surface area contributed by atoms with Crippen molar-refractivity contribution in [1.82, 2.24) is 14.0 Å². The fourth-order valence-corrected chi connectivity index (χ4v) is 3.50. The van der Waals surface area contributed by atoms with Crippen LogP contribution in [0.2, 0.25) is 0 Å². The van der Waals surface area contributed by atoms with Gasteiger partial charge < -0.3 is 9.67 Å². The monoisotopic (exact) mass is 297 g/mol. The van der Waals surface area contributed by atoms with E-state index in [1.807, 2.05) is 18.3 Å². The number of fused-ring (bicyclic) bond motifs is 2. The Bertz CT molecular complexity index is 960. The summed E-state index contributed by atoms with van der Waals surface area (Å²) in [7, 11) is 1.71. The molecule has 0 unspecified atom stereocenters. The first-order valence-electron chi connectivity index (χ1n) is 6.40. The van der Waals surface area contributed by atoms with Crippen LogP contribution in [-0.2, 0) is 7.05 Å². The molecular weight excluding hydrogens is 286 g/mol. The van der Waals surface area contributed by atoms with Gasteiger partial charge in [0.15, 0.2) is 0 Å². The molecule has 5 nitrogen and oxygen atoms in total. The second-order valence-electron chi connectivity index (χ2n) is 4.86. The normalized spacial score (nSPS) is 11.5. The molecule has 0 aliphatic carbocycles. The number of carbonyl (C=O) groups is 1. The van der Waals surface area contributed by atoms with E-state index in [4.69, 9.17) is 5.11 Å². The summed E-state index contributed by atoms with van der Waals surface area (Å²) in [6, 6.07) is 10.3. The van der Waals surface area contributed by atoms with Crippen molar-refractivity contribution in [2.75, 3.05) is 0 Å². The molecule has 3 heterocycles. The zero-order valence-corrected chi connectivity index (χ0v) is 12.0. The number of thiophene rings is 1. The maximum atomic E-state index is 11.1. The summed E-state index contributed by atoms with van der Waals surface area (Å²) < 4.78 is 4.55. The minimum absolute atomic E-state index is 0.223. The Balaban J connectivity index is 1.89. The Labute approximate surface area is 123 Å². The number of rotatable bonds is 2. The SMILES string of the molecule is Cn1c(C(=O)O)cn2cc(-c3cc4ccccc4s3)nc12. The number of carboxylic acids is 1. The van der Waals surface area contributed by atoms with E-state index in [9.17, 15) is 4.79 Å². The Morgan fingerprint density at radius 3 is 2.81 bits per heavy atom. The molecule has 21 heavy (non-hydrogen) atoms. The van der Waals surface area contributed by atoms with Crippen LogP contribution in [-0.4, -0.2) is 25.0 Å². The smallest absolute Gasteiger partial charge is 0.354 e. The molecule has 0 fully saturated rings. The Morgan fingerprint density at radius 2 is 2.10 bits per heavy atom. The number of aryl methyl sites for hydroxylation is 1. The number of benzene rings is 1. The predicted octanol–water partition coefficient (Wildman–Crippen LogP) is 3.25. The van der Waals surface area contributed by atoms with Gasteiger partial charge in [-0.25, -0.2) is 9.78 Å². The fraction of sp³-hybridized carbons (Fsp3) is 0.0667. The lowest BCUT2D eigenvalue weighted by atomic mass is 10.2. The minimum atomic E-state index is -0.952. The van der Waals surface area contributed by atoms with Gasteiger partial charge in [-0.1, -0.05) is 18.2 Å². The van der Waals surface area contributed by atoms with Crippen molar-refractivity contribution >= 4 is 33.2 Å². The quantitative estimate of drug-likeness (QED) is 0.618. The lowest BCUT2D eigenvalue weighted by Gasteiger charge is -1.94. The molecule has 3 aromatic heterocycles. The first-order valence-corrected chi connectivity index (χ1v) is 7.22. The second-order valence-corrected chi connectivity index (χ2v) is 5.94. The minimum Gasteiger partial charge on any atom is -0.477 e. The highest BCUT2D eigenvalue weighted by Crippen LogP contribution is 2.33. The van der Waals surface area contributed by atoms with Crippen LogP contribution in [0.4, 0.5) is 0 Å². The Kier molecular flexibility index (Phi) is 2.43. The van der Waals surface area contributed by atoms with Gasteiger partial charge in [-0.15, -0.1) is 11.3 Å². The molecule has 0 spiro atoms. The summed E-state index contributed by atoms with van der Waals surface area (Å²) >= 11 is 1.68. The zero-order chi connectivity index (χ0) is 14.6. The van der Waals surface area contributed by atoms with Gasteiger partial charge in [0.2, 0.25) is 5.78 Å². The van der Waals surface area contributed by atoms with E-state index in [1.165, 1.54) is 10.1 Å². The van der Waals surface area contributed by atoms with E-state index in [1.54, 1.807) is 33.5 Å². The Hall–Kier alpha value is -2.60. The molecule has 104 valence electrons. The van der Waals surface area contributed by atoms with Crippen molar-refractivity contribution in [2.45, 2.75) is 0 Å². The van der Waals surface area contributed by atoms with E-state index >= 15 is 0 Å². The molecule has 0 radical (unpaired) electrons. The van der Waals surface area contributed by atoms with Crippen LogP contribution in [0.1, 0.15) is 10.5 Å². The average molecular weight is 297 g/mol. The van der Waals surface area contributed by atoms with Gasteiger partial charge >= 0.3 is 5.97 Å². The standard InChI is InChI=1S/C15H11N3O2S/c1-17-11(14(19)20)8-18-7-10(16-15(17)18)13-6-9-4-2-3-5-12(9)21-13/h2-8H,1H3,(H,19,20). The van der Waals surface area contributed by atoms with Crippen molar-refractivity contribution < 1.29 is 9.90 Å². The van der Waals surface area contributed by atoms with E-state index in [0.29, 0.717) is 5.78 Å². The molecule has 4 aromatic rings. The van der Waals surface area contributed by atoms with Crippen molar-refractivity contribution in [2.24, 2.45) is 7.05 Å². The lowest BCUT2D eigenvalue weighted by molar-refractivity contribution is 0.0686. The van der Waals surface area contributed by atoms with E-state index < -0.39 is 5.97 Å². The molecular formula is C15H11N3O2S. The summed E-state index contributed by atoms with van der Waals surface area (Å²) in [5.74, 6) is -0.328. The van der Waals surface area contributed by atoms with Crippen molar-refractivity contribution in [3.63, 3.8) is 0 Å². The van der Waals surface area contributed by atoms with Crippen LogP contribution < -0.4 is 0 Å². The van der Waals surface area contributed by atoms with Gasteiger partial charge in [0, 0.05) is 24.1 Å². The van der Waals surface area contributed by atoms with Crippen LogP contribution in [0.5, 0.6) is 0 Å². The molecule has 0 saturated carbocycles.